The van der Waals surface area contributed by atoms with Crippen LogP contribution in [-0.2, 0) is 27.2 Å². The zero-order chi connectivity index (χ0) is 29.4. The van der Waals surface area contributed by atoms with Crippen molar-refractivity contribution in [2.75, 3.05) is 26.1 Å². The number of carbonyl (C=O) groups excluding carboxylic acids is 4. The fourth-order valence-corrected chi connectivity index (χ4v) is 5.46. The Morgan fingerprint density at radius 1 is 0.927 bits per heavy atom. The van der Waals surface area contributed by atoms with E-state index in [4.69, 9.17) is 18.9 Å². The number of thiophene rings is 1. The van der Waals surface area contributed by atoms with Crippen LogP contribution in [0.3, 0.4) is 0 Å². The van der Waals surface area contributed by atoms with Crippen molar-refractivity contribution in [2.45, 2.75) is 32.6 Å². The number of carbonyl (C=O) groups is 4. The molecular weight excluding hydrogens is 550 g/mol. The van der Waals surface area contributed by atoms with Crippen molar-refractivity contribution >= 4 is 46.3 Å². The molecule has 0 radical (unpaired) electrons. The quantitative estimate of drug-likeness (QED) is 0.127. The molecule has 0 atom stereocenters. The first kappa shape index (κ1) is 29.3. The molecule has 2 amide bonds. The molecule has 4 rings (SSSR count). The van der Waals surface area contributed by atoms with Crippen LogP contribution >= 0.6 is 11.3 Å². The number of ether oxygens (including phenoxy) is 4. The number of hydrazone groups is 1. The lowest BCUT2D eigenvalue weighted by Gasteiger charge is -2.12. The van der Waals surface area contributed by atoms with Crippen molar-refractivity contribution in [3.05, 3.63) is 69.6 Å². The highest BCUT2D eigenvalue weighted by molar-refractivity contribution is 7.17. The Kier molecular flexibility index (Phi) is 9.69. The van der Waals surface area contributed by atoms with Gasteiger partial charge in [-0.25, -0.2) is 15.0 Å². The van der Waals surface area contributed by atoms with Crippen LogP contribution in [0.4, 0.5) is 5.00 Å². The second-order valence-electron chi connectivity index (χ2n) is 8.82. The van der Waals surface area contributed by atoms with Gasteiger partial charge < -0.3 is 24.3 Å². The van der Waals surface area contributed by atoms with Crippen LogP contribution in [0.5, 0.6) is 17.2 Å². The molecule has 11 nitrogen and oxygen atoms in total. The van der Waals surface area contributed by atoms with Crippen LogP contribution in [0, 0.1) is 0 Å². The summed E-state index contributed by atoms with van der Waals surface area (Å²) < 4.78 is 21.0. The monoisotopic (exact) mass is 579 g/mol. The molecular formula is C29H29N3O8S. The van der Waals surface area contributed by atoms with Gasteiger partial charge in [0.05, 0.1) is 38.2 Å². The van der Waals surface area contributed by atoms with Crippen molar-refractivity contribution in [1.82, 2.24) is 5.43 Å². The summed E-state index contributed by atoms with van der Waals surface area (Å²) in [6, 6.07) is 11.1. The third-order valence-electron chi connectivity index (χ3n) is 6.18. The number of benzene rings is 2. The molecule has 2 N–H and O–H groups in total. The highest BCUT2D eigenvalue weighted by atomic mass is 32.1. The Balaban J connectivity index is 1.38. The third-order valence-corrected chi connectivity index (χ3v) is 7.39. The van der Waals surface area contributed by atoms with Crippen molar-refractivity contribution < 1.29 is 38.1 Å². The Morgan fingerprint density at radius 3 is 2.39 bits per heavy atom. The van der Waals surface area contributed by atoms with Gasteiger partial charge in [-0.1, -0.05) is 0 Å². The number of fused-ring (bicyclic) bond motifs is 1. The van der Waals surface area contributed by atoms with Gasteiger partial charge >= 0.3 is 23.8 Å². The smallest absolute Gasteiger partial charge is 0.343 e. The fraction of sp³-hybridized carbons (Fsp3) is 0.276. The van der Waals surface area contributed by atoms with E-state index in [1.165, 1.54) is 37.8 Å². The molecule has 214 valence electrons. The molecule has 0 aliphatic heterocycles. The summed E-state index contributed by atoms with van der Waals surface area (Å²) in [6.07, 6.45) is 4.76. The predicted molar refractivity (Wildman–Crippen MR) is 152 cm³/mol. The number of amides is 2. The second kappa shape index (κ2) is 13.6. The minimum atomic E-state index is -1.01. The van der Waals surface area contributed by atoms with Crippen LogP contribution in [0.2, 0.25) is 0 Å². The molecule has 1 heterocycles. The van der Waals surface area contributed by atoms with Gasteiger partial charge in [-0.05, 0) is 86.2 Å². The van der Waals surface area contributed by atoms with Crippen molar-refractivity contribution in [3.63, 3.8) is 0 Å². The number of rotatable bonds is 9. The number of nitrogens with one attached hydrogen (secondary N) is 2. The number of methoxy groups -OCH3 is 2. The second-order valence-corrected chi connectivity index (χ2v) is 9.92. The van der Waals surface area contributed by atoms with E-state index in [1.54, 1.807) is 43.3 Å². The molecule has 3 aromatic rings. The van der Waals surface area contributed by atoms with E-state index >= 15 is 0 Å². The van der Waals surface area contributed by atoms with Crippen LogP contribution < -0.4 is 25.0 Å². The summed E-state index contributed by atoms with van der Waals surface area (Å²) in [5.41, 5.74) is 4.20. The first-order valence-corrected chi connectivity index (χ1v) is 13.7. The third kappa shape index (κ3) is 7.09. The van der Waals surface area contributed by atoms with Gasteiger partial charge in [0.15, 0.2) is 11.5 Å². The van der Waals surface area contributed by atoms with Gasteiger partial charge in [0.2, 0.25) is 0 Å². The normalized spacial score (nSPS) is 12.3. The topological polar surface area (TPSA) is 142 Å². The van der Waals surface area contributed by atoms with E-state index in [0.29, 0.717) is 27.4 Å². The van der Waals surface area contributed by atoms with Crippen LogP contribution in [-0.4, -0.2) is 50.8 Å². The molecule has 1 aromatic heterocycles. The molecule has 0 bridgehead atoms. The summed E-state index contributed by atoms with van der Waals surface area (Å²) in [5, 5.41) is 6.67. The zero-order valence-corrected chi connectivity index (χ0v) is 23.6. The lowest BCUT2D eigenvalue weighted by Crippen LogP contribution is -2.32. The number of hydrogen-bond donors (Lipinski definition) is 2. The first-order valence-electron chi connectivity index (χ1n) is 12.8. The van der Waals surface area contributed by atoms with Crippen molar-refractivity contribution in [3.8, 4) is 17.2 Å². The summed E-state index contributed by atoms with van der Waals surface area (Å²) in [6.45, 7) is 1.90. The van der Waals surface area contributed by atoms with E-state index in [9.17, 15) is 19.2 Å². The van der Waals surface area contributed by atoms with Gasteiger partial charge in [-0.2, -0.15) is 5.10 Å². The van der Waals surface area contributed by atoms with Crippen LogP contribution in [0.25, 0.3) is 0 Å². The minimum Gasteiger partial charge on any atom is -0.497 e. The predicted octanol–water partition coefficient (Wildman–Crippen LogP) is 4.13. The standard InChI is InChI=1S/C29H29N3O8S/c1-4-39-29(36)24-20-7-5-6-8-23(20)41-27(24)31-25(33)26(34)32-30-16-17-9-14-21(22(15-17)38-3)40-28(35)18-10-12-19(37-2)13-11-18/h9-16H,4-8H2,1-3H3,(H,31,33)(H,32,34)/b30-16+. The van der Waals surface area contributed by atoms with Gasteiger partial charge in [0.25, 0.3) is 0 Å². The molecule has 12 heteroatoms. The van der Waals surface area contributed by atoms with Gasteiger partial charge in [0.1, 0.15) is 10.8 Å². The first-order chi connectivity index (χ1) is 19.8. The van der Waals surface area contributed by atoms with E-state index in [-0.39, 0.29) is 18.1 Å². The molecule has 41 heavy (non-hydrogen) atoms. The molecule has 0 saturated carbocycles. The molecule has 0 unspecified atom stereocenters. The number of aryl methyl sites for hydroxylation is 1. The van der Waals surface area contributed by atoms with Gasteiger partial charge in [-0.3, -0.25) is 9.59 Å². The molecule has 0 saturated heterocycles. The lowest BCUT2D eigenvalue weighted by molar-refractivity contribution is -0.136. The highest BCUT2D eigenvalue weighted by Crippen LogP contribution is 2.38. The summed E-state index contributed by atoms with van der Waals surface area (Å²) in [5.74, 6) is -2.03. The average Bonchev–Trinajstić information content (AvgIpc) is 3.35. The molecule has 2 aromatic carbocycles. The zero-order valence-electron chi connectivity index (χ0n) is 22.8. The number of nitrogens with zero attached hydrogens (tertiary/aromatic N) is 1. The minimum absolute atomic E-state index is 0.185. The summed E-state index contributed by atoms with van der Waals surface area (Å²) in [7, 11) is 2.95. The van der Waals surface area contributed by atoms with E-state index in [2.05, 4.69) is 15.8 Å². The maximum Gasteiger partial charge on any atom is 0.343 e. The maximum atomic E-state index is 12.6. The fourth-order valence-electron chi connectivity index (χ4n) is 4.18. The Hall–Kier alpha value is -4.71. The summed E-state index contributed by atoms with van der Waals surface area (Å²) >= 11 is 1.29. The SMILES string of the molecule is CCOC(=O)c1c(NC(=O)C(=O)N/N=C/c2ccc(OC(=O)c3ccc(OC)cc3)c(OC)c2)sc2c1CCCC2. The van der Waals surface area contributed by atoms with Gasteiger partial charge in [0, 0.05) is 4.88 Å². The van der Waals surface area contributed by atoms with E-state index in [0.717, 1.165) is 36.1 Å². The van der Waals surface area contributed by atoms with Crippen molar-refractivity contribution in [2.24, 2.45) is 5.10 Å². The molecule has 0 fully saturated rings. The van der Waals surface area contributed by atoms with E-state index < -0.39 is 23.8 Å². The largest absolute Gasteiger partial charge is 0.497 e. The van der Waals surface area contributed by atoms with Gasteiger partial charge in [-0.15, -0.1) is 11.3 Å². The molecule has 1 aliphatic carbocycles. The van der Waals surface area contributed by atoms with Crippen LogP contribution in [0.1, 0.15) is 56.5 Å². The molecule has 1 aliphatic rings. The number of hydrogen-bond acceptors (Lipinski definition) is 10. The van der Waals surface area contributed by atoms with E-state index in [1.807, 2.05) is 0 Å². The Labute approximate surface area is 240 Å². The highest BCUT2D eigenvalue weighted by Gasteiger charge is 2.28. The lowest BCUT2D eigenvalue weighted by atomic mass is 9.95. The summed E-state index contributed by atoms with van der Waals surface area (Å²) in [4.78, 5) is 51.1. The van der Waals surface area contributed by atoms with Crippen molar-refractivity contribution in [1.29, 1.82) is 0 Å². The Morgan fingerprint density at radius 2 is 1.68 bits per heavy atom. The van der Waals surface area contributed by atoms with Crippen LogP contribution in [0.15, 0.2) is 47.6 Å². The number of esters is 2. The Bertz CT molecular complexity index is 1480. The number of anilines is 1. The molecule has 0 spiro atoms. The average molecular weight is 580 g/mol. The maximum absolute atomic E-state index is 12.6.